The highest BCUT2D eigenvalue weighted by atomic mass is 15.4. The summed E-state index contributed by atoms with van der Waals surface area (Å²) in [5.74, 6) is 2.44. The van der Waals surface area contributed by atoms with E-state index in [9.17, 15) is 0 Å². The van der Waals surface area contributed by atoms with Crippen molar-refractivity contribution >= 4 is 17.3 Å². The first-order valence-corrected chi connectivity index (χ1v) is 12.4. The fourth-order valence-electron chi connectivity index (χ4n) is 6.63. The van der Waals surface area contributed by atoms with Crippen molar-refractivity contribution in [1.82, 2.24) is 0 Å². The van der Waals surface area contributed by atoms with Crippen LogP contribution < -0.4 is 14.0 Å². The Morgan fingerprint density at radius 3 is 2.17 bits per heavy atom. The summed E-state index contributed by atoms with van der Waals surface area (Å²) >= 11 is 0. The van der Waals surface area contributed by atoms with E-state index in [2.05, 4.69) is 136 Å². The molecule has 8 rings (SSSR count). The van der Waals surface area contributed by atoms with Gasteiger partial charge in [0.05, 0.1) is 0 Å². The van der Waals surface area contributed by atoms with Crippen LogP contribution in [0.1, 0.15) is 23.6 Å². The van der Waals surface area contributed by atoms with Crippen LogP contribution in [0.5, 0.6) is 0 Å². The molecule has 0 bridgehead atoms. The van der Waals surface area contributed by atoms with Gasteiger partial charge in [-0.2, -0.15) is 4.90 Å². The van der Waals surface area contributed by atoms with E-state index in [1.165, 1.54) is 51.0 Å². The number of benzene rings is 3. The number of aryl methyl sites for hydroxylation is 1. The predicted molar refractivity (Wildman–Crippen MR) is 138 cm³/mol. The third-order valence-corrected chi connectivity index (χ3v) is 8.14. The van der Waals surface area contributed by atoms with Crippen molar-refractivity contribution in [2.45, 2.75) is 24.9 Å². The Morgan fingerprint density at radius 2 is 1.34 bits per heavy atom. The lowest BCUT2D eigenvalue weighted by Crippen LogP contribution is -2.49. The summed E-state index contributed by atoms with van der Waals surface area (Å²) in [5, 5.41) is 0. The van der Waals surface area contributed by atoms with E-state index in [4.69, 9.17) is 0 Å². The van der Waals surface area contributed by atoms with Crippen molar-refractivity contribution in [3.8, 4) is 22.5 Å². The van der Waals surface area contributed by atoms with Crippen LogP contribution >= 0.6 is 0 Å². The second-order valence-corrected chi connectivity index (χ2v) is 9.92. The Bertz CT molecular complexity index is 1660. The lowest BCUT2D eigenvalue weighted by molar-refractivity contribution is -0.752. The molecule has 0 saturated heterocycles. The summed E-state index contributed by atoms with van der Waals surface area (Å²) in [6, 6.07) is 42.5. The number of hydrogen-bond acceptors (Lipinski definition) is 1. The third-order valence-electron chi connectivity index (χ3n) is 8.14. The molecule has 166 valence electrons. The molecule has 0 radical (unpaired) electrons. The quantitative estimate of drug-likeness (QED) is 0.283. The van der Waals surface area contributed by atoms with Crippen LogP contribution in [0.3, 0.4) is 0 Å². The maximum absolute atomic E-state index is 2.63. The molecule has 4 heterocycles. The van der Waals surface area contributed by atoms with Crippen LogP contribution in [0.2, 0.25) is 0 Å². The molecule has 1 fully saturated rings. The average Bonchev–Trinajstić information content (AvgIpc) is 3.59. The first-order valence-electron chi connectivity index (χ1n) is 12.4. The van der Waals surface area contributed by atoms with Crippen molar-refractivity contribution < 1.29 is 9.13 Å². The number of pyridine rings is 2. The number of para-hydroxylation sites is 1. The highest BCUT2D eigenvalue weighted by Gasteiger charge is 2.72. The van der Waals surface area contributed by atoms with E-state index in [0.29, 0.717) is 6.04 Å². The van der Waals surface area contributed by atoms with Crippen molar-refractivity contribution in [3.63, 3.8) is 0 Å². The SMILES string of the molecule is Cc1ccccc1-c1cccc2[n+]1C1CC13c1ccccc1-c1cccc([n+]13)N2c1ccccc1. The molecule has 3 heteroatoms. The van der Waals surface area contributed by atoms with Gasteiger partial charge in [-0.1, -0.05) is 66.7 Å². The van der Waals surface area contributed by atoms with Gasteiger partial charge in [0.1, 0.15) is 17.1 Å². The first-order chi connectivity index (χ1) is 17.3. The molecule has 2 unspecified atom stereocenters. The van der Waals surface area contributed by atoms with Crippen molar-refractivity contribution in [2.24, 2.45) is 0 Å². The monoisotopic (exact) mass is 451 g/mol. The van der Waals surface area contributed by atoms with Gasteiger partial charge in [-0.05, 0) is 48.9 Å². The van der Waals surface area contributed by atoms with Gasteiger partial charge in [0, 0.05) is 35.2 Å². The molecule has 35 heavy (non-hydrogen) atoms. The summed E-state index contributed by atoms with van der Waals surface area (Å²) in [6.45, 7) is 2.22. The maximum atomic E-state index is 2.63. The summed E-state index contributed by atoms with van der Waals surface area (Å²) in [6.07, 6.45) is 1.10. The minimum absolute atomic E-state index is 0.0652. The number of hydrogen-bond donors (Lipinski definition) is 0. The lowest BCUT2D eigenvalue weighted by atomic mass is 10.0. The Balaban J connectivity index is 1.51. The average molecular weight is 452 g/mol. The van der Waals surface area contributed by atoms with Gasteiger partial charge in [0.25, 0.3) is 11.6 Å². The Labute approximate surface area is 205 Å². The molecular weight excluding hydrogens is 426 g/mol. The number of fused-ring (bicyclic) bond motifs is 4. The summed E-state index contributed by atoms with van der Waals surface area (Å²) in [5.41, 5.74) is 9.12. The molecule has 3 aliphatic rings. The van der Waals surface area contributed by atoms with Crippen molar-refractivity contribution in [2.75, 3.05) is 4.90 Å². The summed E-state index contributed by atoms with van der Waals surface area (Å²) < 4.78 is 5.25. The smallest absolute Gasteiger partial charge is 0.218 e. The van der Waals surface area contributed by atoms with Gasteiger partial charge >= 0.3 is 0 Å². The summed E-state index contributed by atoms with van der Waals surface area (Å²) in [4.78, 5) is 2.45. The minimum atomic E-state index is -0.0652. The molecule has 2 aliphatic heterocycles. The number of anilines is 3. The van der Waals surface area contributed by atoms with E-state index in [1.54, 1.807) is 0 Å². The Kier molecular flexibility index (Phi) is 3.64. The third kappa shape index (κ3) is 2.35. The Hall–Kier alpha value is -4.24. The van der Waals surface area contributed by atoms with Gasteiger partial charge in [-0.3, -0.25) is 0 Å². The molecule has 2 aromatic heterocycles. The van der Waals surface area contributed by atoms with Gasteiger partial charge in [-0.15, -0.1) is 0 Å². The zero-order valence-corrected chi connectivity index (χ0v) is 19.6. The van der Waals surface area contributed by atoms with E-state index >= 15 is 0 Å². The molecule has 1 saturated carbocycles. The second-order valence-electron chi connectivity index (χ2n) is 9.92. The van der Waals surface area contributed by atoms with E-state index < -0.39 is 0 Å². The molecular formula is C32H25N3+2. The van der Waals surface area contributed by atoms with Crippen LogP contribution in [-0.4, -0.2) is 0 Å². The first kappa shape index (κ1) is 19.1. The highest BCUT2D eigenvalue weighted by Crippen LogP contribution is 2.61. The van der Waals surface area contributed by atoms with Gasteiger partial charge in [0.2, 0.25) is 0 Å². The van der Waals surface area contributed by atoms with Crippen LogP contribution in [0.4, 0.5) is 17.3 Å². The molecule has 1 aliphatic carbocycles. The molecule has 3 nitrogen and oxygen atoms in total. The van der Waals surface area contributed by atoms with Gasteiger partial charge < -0.3 is 0 Å². The van der Waals surface area contributed by atoms with Crippen LogP contribution in [0.25, 0.3) is 22.5 Å². The molecule has 1 spiro atoms. The Morgan fingerprint density at radius 1 is 0.657 bits per heavy atom. The fraction of sp³-hybridized carbons (Fsp3) is 0.125. The molecule has 2 atom stereocenters. The van der Waals surface area contributed by atoms with E-state index in [1.807, 2.05) is 0 Å². The minimum Gasteiger partial charge on any atom is -0.218 e. The predicted octanol–water partition coefficient (Wildman–Crippen LogP) is 6.39. The van der Waals surface area contributed by atoms with E-state index in [-0.39, 0.29) is 5.54 Å². The number of aromatic nitrogens is 2. The fourth-order valence-corrected chi connectivity index (χ4v) is 6.63. The molecule has 3 aromatic carbocycles. The van der Waals surface area contributed by atoms with Crippen LogP contribution in [0, 0.1) is 6.92 Å². The summed E-state index contributed by atoms with van der Waals surface area (Å²) in [7, 11) is 0. The zero-order valence-electron chi connectivity index (χ0n) is 19.6. The molecule has 0 amide bonds. The van der Waals surface area contributed by atoms with Crippen LogP contribution in [-0.2, 0) is 5.54 Å². The second kappa shape index (κ2) is 6.67. The highest BCUT2D eigenvalue weighted by molar-refractivity contribution is 5.75. The normalized spacial score (nSPS) is 20.4. The standard InChI is InChI=1S/C32H25N3/c1-22-11-5-6-14-24(22)27-17-9-19-30-33(23-12-3-2-4-13-23)31-20-10-18-28-25-15-7-8-16-26(25)32(35(28)31)21-29(32)34(27)30/h2-20,29H,21H2,1H3/q+2. The maximum Gasteiger partial charge on any atom is 0.291 e. The van der Waals surface area contributed by atoms with Crippen molar-refractivity contribution in [3.05, 3.63) is 126 Å². The topological polar surface area (TPSA) is 11.0 Å². The number of nitrogens with zero attached hydrogens (tertiary/aromatic N) is 3. The van der Waals surface area contributed by atoms with Gasteiger partial charge in [-0.25, -0.2) is 9.13 Å². The largest absolute Gasteiger partial charge is 0.291 e. The zero-order chi connectivity index (χ0) is 23.1. The van der Waals surface area contributed by atoms with Crippen LogP contribution in [0.15, 0.2) is 115 Å². The molecule has 5 aromatic rings. The lowest BCUT2D eigenvalue weighted by Gasteiger charge is -2.19. The van der Waals surface area contributed by atoms with Crippen molar-refractivity contribution in [1.29, 1.82) is 0 Å². The van der Waals surface area contributed by atoms with E-state index in [0.717, 1.165) is 6.42 Å². The molecule has 0 N–H and O–H groups in total. The number of rotatable bonds is 2. The van der Waals surface area contributed by atoms with Gasteiger partial charge in [0.15, 0.2) is 11.6 Å².